The smallest absolute Gasteiger partial charge is 0.309 e. The second-order valence-electron chi connectivity index (χ2n) is 3.22. The lowest BCUT2D eigenvalue weighted by Gasteiger charge is -2.08. The van der Waals surface area contributed by atoms with Crippen LogP contribution in [-0.4, -0.2) is 23.3 Å². The fraction of sp³-hybridized carbons (Fsp3) is 0.600. The molecule has 0 aliphatic carbocycles. The number of nitrogens with zero attached hydrogens (tertiary/aromatic N) is 1. The molecule has 1 atom stereocenters. The van der Waals surface area contributed by atoms with Crippen molar-refractivity contribution in [1.29, 1.82) is 0 Å². The fourth-order valence-corrected chi connectivity index (χ4v) is 2.83. The van der Waals surface area contributed by atoms with E-state index in [1.165, 1.54) is 0 Å². The molecule has 0 aromatic carbocycles. The van der Waals surface area contributed by atoms with E-state index in [2.05, 4.69) is 4.98 Å². The molecule has 0 N–H and O–H groups in total. The third-order valence-electron chi connectivity index (χ3n) is 1.74. The average molecular weight is 245 g/mol. The summed E-state index contributed by atoms with van der Waals surface area (Å²) in [5.41, 5.74) is 1.03. The van der Waals surface area contributed by atoms with Crippen LogP contribution in [0.5, 0.6) is 0 Å². The van der Waals surface area contributed by atoms with Crippen molar-refractivity contribution in [3.8, 4) is 0 Å². The van der Waals surface area contributed by atoms with Crippen molar-refractivity contribution in [3.63, 3.8) is 0 Å². The number of carbonyl (C=O) groups excluding carboxylic acids is 1. The van der Waals surface area contributed by atoms with Crippen molar-refractivity contribution in [2.24, 2.45) is 5.92 Å². The summed E-state index contributed by atoms with van der Waals surface area (Å²) in [6, 6.07) is 0. The second kappa shape index (κ2) is 6.12. The molecule has 0 amide bonds. The van der Waals surface area contributed by atoms with Gasteiger partial charge in [-0.2, -0.15) is 0 Å². The van der Waals surface area contributed by atoms with Crippen molar-refractivity contribution in [2.45, 2.75) is 25.1 Å². The van der Waals surface area contributed by atoms with Crippen LogP contribution in [0, 0.1) is 12.8 Å². The zero-order chi connectivity index (χ0) is 11.3. The molecule has 0 saturated heterocycles. The summed E-state index contributed by atoms with van der Waals surface area (Å²) < 4.78 is 5.95. The van der Waals surface area contributed by atoms with E-state index >= 15 is 0 Å². The molecule has 84 valence electrons. The molecule has 5 heteroatoms. The lowest BCUT2D eigenvalue weighted by molar-refractivity contribution is -0.146. The number of thiazole rings is 1. The Morgan fingerprint density at radius 3 is 3.00 bits per heavy atom. The highest BCUT2D eigenvalue weighted by molar-refractivity contribution is 8.01. The maximum Gasteiger partial charge on any atom is 0.309 e. The quantitative estimate of drug-likeness (QED) is 0.590. The van der Waals surface area contributed by atoms with Crippen molar-refractivity contribution >= 4 is 29.1 Å². The zero-order valence-corrected chi connectivity index (χ0v) is 10.8. The standard InChI is InChI=1S/C10H15NO2S2/c1-4-13-9(12)7(2)5-14-10-11-8(3)6-15-10/h6-7H,4-5H2,1-3H3. The number of hydrogen-bond acceptors (Lipinski definition) is 5. The van der Waals surface area contributed by atoms with E-state index in [-0.39, 0.29) is 11.9 Å². The number of thioether (sulfide) groups is 1. The molecule has 3 nitrogen and oxygen atoms in total. The lowest BCUT2D eigenvalue weighted by atomic mass is 10.2. The minimum Gasteiger partial charge on any atom is -0.466 e. The Morgan fingerprint density at radius 2 is 2.47 bits per heavy atom. The van der Waals surface area contributed by atoms with Crippen LogP contribution >= 0.6 is 23.1 Å². The first kappa shape index (κ1) is 12.5. The predicted molar refractivity (Wildman–Crippen MR) is 63.4 cm³/mol. The third kappa shape index (κ3) is 4.22. The van der Waals surface area contributed by atoms with Crippen LogP contribution in [0.25, 0.3) is 0 Å². The Hall–Kier alpha value is -0.550. The molecule has 1 unspecified atom stereocenters. The topological polar surface area (TPSA) is 39.2 Å². The van der Waals surface area contributed by atoms with Crippen LogP contribution < -0.4 is 0 Å². The van der Waals surface area contributed by atoms with Crippen LogP contribution in [0.4, 0.5) is 0 Å². The Bertz CT molecular complexity index is 325. The van der Waals surface area contributed by atoms with E-state index in [0.29, 0.717) is 6.61 Å². The van der Waals surface area contributed by atoms with E-state index in [1.54, 1.807) is 23.1 Å². The van der Waals surface area contributed by atoms with Crippen molar-refractivity contribution in [1.82, 2.24) is 4.98 Å². The maximum absolute atomic E-state index is 11.3. The van der Waals surface area contributed by atoms with E-state index in [4.69, 9.17) is 4.74 Å². The largest absolute Gasteiger partial charge is 0.466 e. The van der Waals surface area contributed by atoms with Crippen molar-refractivity contribution in [2.75, 3.05) is 12.4 Å². The summed E-state index contributed by atoms with van der Waals surface area (Å²) >= 11 is 3.23. The molecule has 0 aliphatic heterocycles. The van der Waals surface area contributed by atoms with Crippen LogP contribution in [0.1, 0.15) is 19.5 Å². The Kier molecular flexibility index (Phi) is 5.11. The Labute approximate surface area is 98.2 Å². The van der Waals surface area contributed by atoms with Gasteiger partial charge in [-0.25, -0.2) is 4.98 Å². The molecule has 1 heterocycles. The summed E-state index contributed by atoms with van der Waals surface area (Å²) in [6.07, 6.45) is 0. The first-order valence-electron chi connectivity index (χ1n) is 4.85. The molecule has 15 heavy (non-hydrogen) atoms. The number of rotatable bonds is 5. The first-order valence-corrected chi connectivity index (χ1v) is 6.71. The van der Waals surface area contributed by atoms with Gasteiger partial charge in [0.1, 0.15) is 4.34 Å². The molecule has 0 fully saturated rings. The fourth-order valence-electron chi connectivity index (χ4n) is 0.948. The SMILES string of the molecule is CCOC(=O)C(C)CSc1nc(C)cs1. The molecule has 1 aromatic rings. The van der Waals surface area contributed by atoms with E-state index in [0.717, 1.165) is 15.8 Å². The van der Waals surface area contributed by atoms with Gasteiger partial charge in [-0.1, -0.05) is 18.7 Å². The summed E-state index contributed by atoms with van der Waals surface area (Å²) in [4.78, 5) is 15.6. The third-order valence-corrected chi connectivity index (χ3v) is 4.14. The normalized spacial score (nSPS) is 12.5. The predicted octanol–water partition coefficient (Wildman–Crippen LogP) is 2.74. The maximum atomic E-state index is 11.3. The van der Waals surface area contributed by atoms with Gasteiger partial charge in [-0.15, -0.1) is 11.3 Å². The number of hydrogen-bond donors (Lipinski definition) is 0. The van der Waals surface area contributed by atoms with Gasteiger partial charge in [0.25, 0.3) is 0 Å². The van der Waals surface area contributed by atoms with Gasteiger partial charge in [0.2, 0.25) is 0 Å². The van der Waals surface area contributed by atoms with Crippen LogP contribution in [0.3, 0.4) is 0 Å². The van der Waals surface area contributed by atoms with Gasteiger partial charge < -0.3 is 4.74 Å². The lowest BCUT2D eigenvalue weighted by Crippen LogP contribution is -2.16. The molecule has 0 spiro atoms. The van der Waals surface area contributed by atoms with Crippen LogP contribution in [-0.2, 0) is 9.53 Å². The van der Waals surface area contributed by atoms with Gasteiger partial charge in [0.15, 0.2) is 0 Å². The van der Waals surface area contributed by atoms with Crippen molar-refractivity contribution in [3.05, 3.63) is 11.1 Å². The monoisotopic (exact) mass is 245 g/mol. The summed E-state index contributed by atoms with van der Waals surface area (Å²) in [5, 5.41) is 2.01. The van der Waals surface area contributed by atoms with Gasteiger partial charge >= 0.3 is 5.97 Å². The molecular formula is C10H15NO2S2. The minimum atomic E-state index is -0.127. The van der Waals surface area contributed by atoms with Gasteiger partial charge in [0, 0.05) is 16.8 Å². The van der Waals surface area contributed by atoms with Crippen LogP contribution in [0.15, 0.2) is 9.72 Å². The summed E-state index contributed by atoms with van der Waals surface area (Å²) in [7, 11) is 0. The molecule has 1 rings (SSSR count). The van der Waals surface area contributed by atoms with E-state index in [9.17, 15) is 4.79 Å². The molecule has 0 saturated carbocycles. The van der Waals surface area contributed by atoms with Crippen molar-refractivity contribution < 1.29 is 9.53 Å². The second-order valence-corrected chi connectivity index (χ2v) is 5.34. The Balaban J connectivity index is 2.33. The number of aryl methyl sites for hydroxylation is 1. The highest BCUT2D eigenvalue weighted by Crippen LogP contribution is 2.24. The summed E-state index contributed by atoms with van der Waals surface area (Å²) in [5.74, 6) is 0.531. The van der Waals surface area contributed by atoms with Gasteiger partial charge in [-0.05, 0) is 13.8 Å². The minimum absolute atomic E-state index is 0.0702. The zero-order valence-electron chi connectivity index (χ0n) is 9.15. The molecule has 0 bridgehead atoms. The number of ether oxygens (including phenoxy) is 1. The first-order chi connectivity index (χ1) is 7.13. The summed E-state index contributed by atoms with van der Waals surface area (Å²) in [6.45, 7) is 6.12. The number of carbonyl (C=O) groups is 1. The van der Waals surface area contributed by atoms with Gasteiger partial charge in [0.05, 0.1) is 12.5 Å². The molecular weight excluding hydrogens is 230 g/mol. The van der Waals surface area contributed by atoms with E-state index in [1.807, 2.05) is 26.2 Å². The molecule has 0 aliphatic rings. The number of esters is 1. The molecule has 1 aromatic heterocycles. The van der Waals surface area contributed by atoms with Crippen LogP contribution in [0.2, 0.25) is 0 Å². The van der Waals surface area contributed by atoms with Gasteiger partial charge in [-0.3, -0.25) is 4.79 Å². The number of aromatic nitrogens is 1. The highest BCUT2D eigenvalue weighted by atomic mass is 32.2. The molecule has 0 radical (unpaired) electrons. The Morgan fingerprint density at radius 1 is 1.73 bits per heavy atom. The average Bonchev–Trinajstić information content (AvgIpc) is 2.61. The highest BCUT2D eigenvalue weighted by Gasteiger charge is 2.14. The van der Waals surface area contributed by atoms with E-state index < -0.39 is 0 Å².